The first-order valence-electron chi connectivity index (χ1n) is 5.42. The number of nitrogen functional groups attached to an aromatic ring is 1. The summed E-state index contributed by atoms with van der Waals surface area (Å²) in [7, 11) is 0. The number of rotatable bonds is 4. The Morgan fingerprint density at radius 2 is 2.17 bits per heavy atom. The summed E-state index contributed by atoms with van der Waals surface area (Å²) in [6, 6.07) is 6.65. The van der Waals surface area contributed by atoms with Gasteiger partial charge in [-0.3, -0.25) is 0 Å². The van der Waals surface area contributed by atoms with Gasteiger partial charge in [0, 0.05) is 24.0 Å². The van der Waals surface area contributed by atoms with Crippen LogP contribution in [0.15, 0.2) is 35.2 Å². The standard InChI is InChI=1S/C12H13N3O2S/c13-9-1-3-11(4-2-9)17-12(16)14-6-5-10-7-18-8-15-10/h1-4,7-8H,5-6,13H2,(H,14,16). The highest BCUT2D eigenvalue weighted by atomic mass is 32.1. The van der Waals surface area contributed by atoms with Crippen molar-refractivity contribution in [2.24, 2.45) is 0 Å². The molecule has 0 aliphatic rings. The number of hydrogen-bond acceptors (Lipinski definition) is 5. The maximum atomic E-state index is 11.4. The third-order valence-corrected chi connectivity index (χ3v) is 2.86. The van der Waals surface area contributed by atoms with Gasteiger partial charge in [0.25, 0.3) is 0 Å². The Hall–Kier alpha value is -2.08. The molecule has 6 heteroatoms. The molecule has 0 spiro atoms. The molecule has 1 amide bonds. The molecule has 0 saturated heterocycles. The summed E-state index contributed by atoms with van der Waals surface area (Å²) in [5, 5.41) is 4.61. The zero-order chi connectivity index (χ0) is 12.8. The van der Waals surface area contributed by atoms with Crippen molar-refractivity contribution in [2.75, 3.05) is 12.3 Å². The Kier molecular flexibility index (Phi) is 4.14. The van der Waals surface area contributed by atoms with Gasteiger partial charge in [0.2, 0.25) is 0 Å². The van der Waals surface area contributed by atoms with Crippen molar-refractivity contribution in [2.45, 2.75) is 6.42 Å². The molecule has 2 aromatic rings. The van der Waals surface area contributed by atoms with E-state index in [0.29, 0.717) is 24.4 Å². The van der Waals surface area contributed by atoms with Gasteiger partial charge in [-0.2, -0.15) is 0 Å². The highest BCUT2D eigenvalue weighted by Gasteiger charge is 2.03. The van der Waals surface area contributed by atoms with Crippen LogP contribution in [0.2, 0.25) is 0 Å². The number of nitrogens with zero attached hydrogens (tertiary/aromatic N) is 1. The molecule has 1 aromatic heterocycles. The molecule has 3 N–H and O–H groups in total. The third-order valence-electron chi connectivity index (χ3n) is 2.22. The lowest BCUT2D eigenvalue weighted by molar-refractivity contribution is 0.200. The van der Waals surface area contributed by atoms with E-state index >= 15 is 0 Å². The first-order chi connectivity index (χ1) is 8.74. The number of aromatic nitrogens is 1. The van der Waals surface area contributed by atoms with E-state index in [-0.39, 0.29) is 0 Å². The van der Waals surface area contributed by atoms with Crippen molar-refractivity contribution in [3.05, 3.63) is 40.8 Å². The van der Waals surface area contributed by atoms with Crippen molar-refractivity contribution in [1.29, 1.82) is 0 Å². The molecular formula is C12H13N3O2S. The number of anilines is 1. The van der Waals surface area contributed by atoms with Gasteiger partial charge in [-0.15, -0.1) is 11.3 Å². The summed E-state index contributed by atoms with van der Waals surface area (Å²) in [6.07, 6.45) is 0.218. The summed E-state index contributed by atoms with van der Waals surface area (Å²) in [5.74, 6) is 0.468. The number of ether oxygens (including phenoxy) is 1. The Labute approximate surface area is 109 Å². The molecular weight excluding hydrogens is 250 g/mol. The van der Waals surface area contributed by atoms with E-state index < -0.39 is 6.09 Å². The number of benzene rings is 1. The zero-order valence-corrected chi connectivity index (χ0v) is 10.4. The zero-order valence-electron chi connectivity index (χ0n) is 9.63. The predicted molar refractivity (Wildman–Crippen MR) is 70.7 cm³/mol. The molecule has 0 saturated carbocycles. The molecule has 18 heavy (non-hydrogen) atoms. The van der Waals surface area contributed by atoms with Crippen molar-refractivity contribution >= 4 is 23.1 Å². The van der Waals surface area contributed by atoms with Crippen LogP contribution in [-0.4, -0.2) is 17.6 Å². The fourth-order valence-corrected chi connectivity index (χ4v) is 1.93. The summed E-state index contributed by atoms with van der Waals surface area (Å²) < 4.78 is 5.07. The average molecular weight is 263 g/mol. The summed E-state index contributed by atoms with van der Waals surface area (Å²) in [5.41, 5.74) is 8.89. The molecule has 0 aliphatic heterocycles. The molecule has 0 radical (unpaired) electrons. The molecule has 1 aromatic carbocycles. The highest BCUT2D eigenvalue weighted by molar-refractivity contribution is 7.07. The fourth-order valence-electron chi connectivity index (χ4n) is 1.33. The number of carbonyl (C=O) groups excluding carboxylic acids is 1. The molecule has 0 unspecified atom stereocenters. The third kappa shape index (κ3) is 3.74. The van der Waals surface area contributed by atoms with Crippen LogP contribution >= 0.6 is 11.3 Å². The number of nitrogens with two attached hydrogens (primary N) is 1. The van der Waals surface area contributed by atoms with E-state index in [1.54, 1.807) is 29.8 Å². The number of amides is 1. The SMILES string of the molecule is Nc1ccc(OC(=O)NCCc2cscn2)cc1. The van der Waals surface area contributed by atoms with E-state index in [0.717, 1.165) is 5.69 Å². The lowest BCUT2D eigenvalue weighted by atomic mass is 10.3. The maximum Gasteiger partial charge on any atom is 0.412 e. The van der Waals surface area contributed by atoms with Gasteiger partial charge >= 0.3 is 6.09 Å². The number of nitrogens with one attached hydrogen (secondary N) is 1. The monoisotopic (exact) mass is 263 g/mol. The van der Waals surface area contributed by atoms with E-state index in [2.05, 4.69) is 10.3 Å². The van der Waals surface area contributed by atoms with E-state index in [1.807, 2.05) is 5.38 Å². The maximum absolute atomic E-state index is 11.4. The van der Waals surface area contributed by atoms with Gasteiger partial charge in [-0.25, -0.2) is 9.78 Å². The molecule has 0 fully saturated rings. The molecule has 5 nitrogen and oxygen atoms in total. The number of thiazole rings is 1. The van der Waals surface area contributed by atoms with Gasteiger partial charge in [0.15, 0.2) is 0 Å². The van der Waals surface area contributed by atoms with Crippen molar-refractivity contribution in [3.8, 4) is 5.75 Å². The summed E-state index contributed by atoms with van der Waals surface area (Å²) in [4.78, 5) is 15.6. The summed E-state index contributed by atoms with van der Waals surface area (Å²) in [6.45, 7) is 0.498. The second-order valence-electron chi connectivity index (χ2n) is 3.62. The Morgan fingerprint density at radius 3 is 2.83 bits per heavy atom. The van der Waals surface area contributed by atoms with Crippen LogP contribution in [0.4, 0.5) is 10.5 Å². The number of carbonyl (C=O) groups is 1. The molecule has 0 bridgehead atoms. The Balaban J connectivity index is 1.73. The lowest BCUT2D eigenvalue weighted by Gasteiger charge is -2.05. The minimum absolute atomic E-state index is 0.468. The van der Waals surface area contributed by atoms with Crippen LogP contribution in [0.5, 0.6) is 5.75 Å². The minimum atomic E-state index is -0.477. The van der Waals surface area contributed by atoms with E-state index in [1.165, 1.54) is 11.3 Å². The van der Waals surface area contributed by atoms with E-state index in [9.17, 15) is 4.79 Å². The molecule has 2 rings (SSSR count). The first kappa shape index (κ1) is 12.4. The van der Waals surface area contributed by atoms with Crippen molar-refractivity contribution < 1.29 is 9.53 Å². The van der Waals surface area contributed by atoms with Gasteiger partial charge in [-0.05, 0) is 24.3 Å². The first-order valence-corrected chi connectivity index (χ1v) is 6.36. The van der Waals surface area contributed by atoms with Crippen LogP contribution in [0.3, 0.4) is 0 Å². The largest absolute Gasteiger partial charge is 0.412 e. The quantitative estimate of drug-likeness (QED) is 0.828. The second kappa shape index (κ2) is 6.02. The Morgan fingerprint density at radius 1 is 1.39 bits per heavy atom. The van der Waals surface area contributed by atoms with Gasteiger partial charge in [0.1, 0.15) is 5.75 Å². The molecule has 0 aliphatic carbocycles. The normalized spacial score (nSPS) is 10.0. The summed E-state index contributed by atoms with van der Waals surface area (Å²) >= 11 is 1.54. The van der Waals surface area contributed by atoms with Gasteiger partial charge in [0.05, 0.1) is 11.2 Å². The predicted octanol–water partition coefficient (Wildman–Crippen LogP) is 2.06. The van der Waals surface area contributed by atoms with Crippen LogP contribution in [0, 0.1) is 0 Å². The highest BCUT2D eigenvalue weighted by Crippen LogP contribution is 2.12. The van der Waals surface area contributed by atoms with Crippen LogP contribution in [-0.2, 0) is 6.42 Å². The van der Waals surface area contributed by atoms with Gasteiger partial charge in [-0.1, -0.05) is 0 Å². The topological polar surface area (TPSA) is 77.2 Å². The molecule has 0 atom stereocenters. The van der Waals surface area contributed by atoms with Crippen LogP contribution in [0.25, 0.3) is 0 Å². The molecule has 1 heterocycles. The minimum Gasteiger partial charge on any atom is -0.410 e. The Bertz CT molecular complexity index is 497. The van der Waals surface area contributed by atoms with Crippen LogP contribution < -0.4 is 15.8 Å². The lowest BCUT2D eigenvalue weighted by Crippen LogP contribution is -2.28. The van der Waals surface area contributed by atoms with Crippen molar-refractivity contribution in [3.63, 3.8) is 0 Å². The average Bonchev–Trinajstić information content (AvgIpc) is 2.85. The number of hydrogen-bond donors (Lipinski definition) is 2. The molecule has 94 valence electrons. The van der Waals surface area contributed by atoms with E-state index in [4.69, 9.17) is 10.5 Å². The van der Waals surface area contributed by atoms with Gasteiger partial charge < -0.3 is 15.8 Å². The van der Waals surface area contributed by atoms with Crippen molar-refractivity contribution in [1.82, 2.24) is 10.3 Å². The fraction of sp³-hybridized carbons (Fsp3) is 0.167. The van der Waals surface area contributed by atoms with Crippen LogP contribution in [0.1, 0.15) is 5.69 Å². The smallest absolute Gasteiger partial charge is 0.410 e. The second-order valence-corrected chi connectivity index (χ2v) is 4.33.